The van der Waals surface area contributed by atoms with E-state index in [1.165, 1.54) is 22.5 Å². The lowest BCUT2D eigenvalue weighted by Gasteiger charge is -2.40. The monoisotopic (exact) mass is 436 g/mol. The number of hydrogen-bond donors (Lipinski definition) is 1. The third kappa shape index (κ3) is 4.54. The Bertz CT molecular complexity index is 968. The first kappa shape index (κ1) is 22.4. The number of halogens is 2. The maximum atomic E-state index is 13.8. The van der Waals surface area contributed by atoms with Crippen LogP contribution in [0.15, 0.2) is 48.5 Å². The minimum atomic E-state index is -3.32. The number of carbonyl (C=O) groups excluding carboxylic acids is 1. The molecule has 1 amide bonds. The largest absolute Gasteiger partial charge is 0.355 e. The summed E-state index contributed by atoms with van der Waals surface area (Å²) in [5.74, 6) is -1.51. The number of nitrogens with zero attached hydrogens (tertiary/aromatic N) is 1. The third-order valence-electron chi connectivity index (χ3n) is 5.82. The number of hydrogen-bond acceptors (Lipinski definition) is 3. The lowest BCUT2D eigenvalue weighted by Crippen LogP contribution is -2.53. The van der Waals surface area contributed by atoms with E-state index >= 15 is 0 Å². The van der Waals surface area contributed by atoms with Gasteiger partial charge in [-0.2, -0.15) is 0 Å². The molecule has 0 unspecified atom stereocenters. The van der Waals surface area contributed by atoms with E-state index < -0.39 is 27.1 Å². The molecule has 0 spiro atoms. The lowest BCUT2D eigenvalue weighted by molar-refractivity contribution is -0.128. The summed E-state index contributed by atoms with van der Waals surface area (Å²) < 4.78 is 53.6. The fraction of sp³-hybridized carbons (Fsp3) is 0.409. The highest BCUT2D eigenvalue weighted by Crippen LogP contribution is 2.36. The van der Waals surface area contributed by atoms with Gasteiger partial charge in [0.1, 0.15) is 11.6 Å². The normalized spacial score (nSPS) is 16.9. The van der Waals surface area contributed by atoms with Gasteiger partial charge >= 0.3 is 0 Å². The van der Waals surface area contributed by atoms with Crippen LogP contribution in [0.4, 0.5) is 8.78 Å². The number of benzene rings is 2. The van der Waals surface area contributed by atoms with E-state index in [0.717, 1.165) is 5.56 Å². The Kier molecular flexibility index (Phi) is 6.88. The summed E-state index contributed by atoms with van der Waals surface area (Å²) in [5.41, 5.74) is -0.127. The van der Waals surface area contributed by atoms with Crippen LogP contribution >= 0.6 is 0 Å². The molecule has 3 rings (SSSR count). The number of carbonyl (C=O) groups is 1. The lowest BCUT2D eigenvalue weighted by atomic mass is 9.72. The minimum absolute atomic E-state index is 0.0196. The molecule has 5 nitrogen and oxygen atoms in total. The zero-order chi connectivity index (χ0) is 21.8. The van der Waals surface area contributed by atoms with Crippen LogP contribution in [-0.2, 0) is 26.7 Å². The van der Waals surface area contributed by atoms with Crippen LogP contribution < -0.4 is 5.32 Å². The Labute approximate surface area is 176 Å². The van der Waals surface area contributed by atoms with Crippen molar-refractivity contribution < 1.29 is 22.0 Å². The Morgan fingerprint density at radius 3 is 2.20 bits per heavy atom. The molecule has 30 heavy (non-hydrogen) atoms. The molecule has 8 heteroatoms. The average molecular weight is 437 g/mol. The smallest absolute Gasteiger partial charge is 0.230 e. The zero-order valence-electron chi connectivity index (χ0n) is 16.9. The molecule has 0 atom stereocenters. The second kappa shape index (κ2) is 9.22. The van der Waals surface area contributed by atoms with Gasteiger partial charge in [-0.1, -0.05) is 36.4 Å². The summed E-state index contributed by atoms with van der Waals surface area (Å²) in [6.45, 7) is 2.19. The van der Waals surface area contributed by atoms with Crippen molar-refractivity contribution in [1.29, 1.82) is 0 Å². The van der Waals surface area contributed by atoms with Crippen molar-refractivity contribution in [2.24, 2.45) is 0 Å². The second-order valence-corrected chi connectivity index (χ2v) is 9.71. The van der Waals surface area contributed by atoms with E-state index in [1.54, 1.807) is 6.92 Å². The summed E-state index contributed by atoms with van der Waals surface area (Å²) >= 11 is 0. The summed E-state index contributed by atoms with van der Waals surface area (Å²) in [6, 6.07) is 12.9. The van der Waals surface area contributed by atoms with E-state index in [2.05, 4.69) is 5.32 Å². The highest BCUT2D eigenvalue weighted by atomic mass is 32.2. The van der Waals surface area contributed by atoms with E-state index in [-0.39, 0.29) is 43.3 Å². The molecule has 0 saturated carbocycles. The molecular weight excluding hydrogens is 410 g/mol. The van der Waals surface area contributed by atoms with Crippen LogP contribution in [0.25, 0.3) is 0 Å². The van der Waals surface area contributed by atoms with Gasteiger partial charge in [0.15, 0.2) is 0 Å². The number of rotatable bonds is 7. The van der Waals surface area contributed by atoms with Crippen molar-refractivity contribution in [3.63, 3.8) is 0 Å². The van der Waals surface area contributed by atoms with Gasteiger partial charge in [-0.05, 0) is 43.9 Å². The highest BCUT2D eigenvalue weighted by molar-refractivity contribution is 7.89. The fourth-order valence-electron chi connectivity index (χ4n) is 3.97. The third-order valence-corrected chi connectivity index (χ3v) is 7.70. The second-order valence-electron chi connectivity index (χ2n) is 7.45. The zero-order valence-corrected chi connectivity index (χ0v) is 17.7. The first-order valence-electron chi connectivity index (χ1n) is 10.0. The van der Waals surface area contributed by atoms with Gasteiger partial charge in [0.2, 0.25) is 15.9 Å². The van der Waals surface area contributed by atoms with Gasteiger partial charge < -0.3 is 5.32 Å². The number of nitrogens with one attached hydrogen (secondary N) is 1. The molecule has 1 heterocycles. The van der Waals surface area contributed by atoms with Gasteiger partial charge in [-0.25, -0.2) is 21.5 Å². The number of amides is 1. The molecule has 1 saturated heterocycles. The van der Waals surface area contributed by atoms with E-state index in [0.29, 0.717) is 12.8 Å². The molecule has 1 aliphatic heterocycles. The van der Waals surface area contributed by atoms with E-state index in [4.69, 9.17) is 0 Å². The summed E-state index contributed by atoms with van der Waals surface area (Å²) in [5, 5.41) is 2.82. The predicted molar refractivity (Wildman–Crippen MR) is 111 cm³/mol. The van der Waals surface area contributed by atoms with Gasteiger partial charge in [0.05, 0.1) is 11.2 Å². The fourth-order valence-corrected chi connectivity index (χ4v) is 5.08. The van der Waals surface area contributed by atoms with Crippen LogP contribution in [0, 0.1) is 11.6 Å². The SMILES string of the molecule is CCS(=O)(=O)N1CCC(C(=O)NCCc2c(F)cccc2F)(c2ccccc2)CC1. The Morgan fingerprint density at radius 1 is 1.03 bits per heavy atom. The molecule has 0 bridgehead atoms. The van der Waals surface area contributed by atoms with E-state index in [1.807, 2.05) is 30.3 Å². The molecule has 162 valence electrons. The highest BCUT2D eigenvalue weighted by Gasteiger charge is 2.44. The molecule has 2 aromatic carbocycles. The molecule has 1 aliphatic rings. The Hall–Kier alpha value is -2.32. The van der Waals surface area contributed by atoms with Crippen molar-refractivity contribution in [2.45, 2.75) is 31.6 Å². The molecule has 0 aliphatic carbocycles. The summed E-state index contributed by atoms with van der Waals surface area (Å²) in [6.07, 6.45) is 0.720. The van der Waals surface area contributed by atoms with Crippen LogP contribution in [-0.4, -0.2) is 44.0 Å². The number of piperidine rings is 1. The number of sulfonamides is 1. The van der Waals surface area contributed by atoms with Gasteiger partial charge in [-0.15, -0.1) is 0 Å². The van der Waals surface area contributed by atoms with Crippen LogP contribution in [0.1, 0.15) is 30.9 Å². The van der Waals surface area contributed by atoms with Crippen molar-refractivity contribution in [1.82, 2.24) is 9.62 Å². The molecule has 0 aromatic heterocycles. The molecule has 2 aromatic rings. The summed E-state index contributed by atoms with van der Waals surface area (Å²) in [4.78, 5) is 13.2. The standard InChI is InChI=1S/C22H26F2N2O3S/c1-2-30(28,29)26-15-12-22(13-16-26,17-7-4-3-5-8-17)21(27)25-14-11-18-19(23)9-6-10-20(18)24/h3-10H,2,11-16H2,1H3,(H,25,27). The van der Waals surface area contributed by atoms with Crippen molar-refractivity contribution in [3.05, 3.63) is 71.3 Å². The summed E-state index contributed by atoms with van der Waals surface area (Å²) in [7, 11) is -3.32. The van der Waals surface area contributed by atoms with Crippen LogP contribution in [0.5, 0.6) is 0 Å². The quantitative estimate of drug-likeness (QED) is 0.726. The topological polar surface area (TPSA) is 66.5 Å². The average Bonchev–Trinajstić information content (AvgIpc) is 2.76. The van der Waals surface area contributed by atoms with E-state index in [9.17, 15) is 22.0 Å². The van der Waals surface area contributed by atoms with Gasteiger partial charge in [0.25, 0.3) is 0 Å². The van der Waals surface area contributed by atoms with Gasteiger partial charge in [-0.3, -0.25) is 4.79 Å². The first-order chi connectivity index (χ1) is 14.3. The van der Waals surface area contributed by atoms with Gasteiger partial charge in [0, 0.05) is 25.2 Å². The first-order valence-corrected chi connectivity index (χ1v) is 11.7. The van der Waals surface area contributed by atoms with Crippen molar-refractivity contribution in [2.75, 3.05) is 25.4 Å². The maximum Gasteiger partial charge on any atom is 0.230 e. The molecular formula is C22H26F2N2O3S. The molecule has 1 fully saturated rings. The van der Waals surface area contributed by atoms with Crippen molar-refractivity contribution >= 4 is 15.9 Å². The van der Waals surface area contributed by atoms with Crippen molar-refractivity contribution in [3.8, 4) is 0 Å². The Balaban J connectivity index is 1.76. The maximum absolute atomic E-state index is 13.8. The van der Waals surface area contributed by atoms with Crippen LogP contribution in [0.3, 0.4) is 0 Å². The van der Waals surface area contributed by atoms with Crippen LogP contribution in [0.2, 0.25) is 0 Å². The predicted octanol–water partition coefficient (Wildman–Crippen LogP) is 3.01. The molecule has 1 N–H and O–H groups in total. The molecule has 0 radical (unpaired) electrons. The minimum Gasteiger partial charge on any atom is -0.355 e. The Morgan fingerprint density at radius 2 is 1.63 bits per heavy atom.